The largest absolute Gasteiger partial charge is 0.497 e. The molecule has 1 amide bonds. The van der Waals surface area contributed by atoms with Gasteiger partial charge in [0.2, 0.25) is 5.91 Å². The molecular formula is C21H33F2IN4O3. The molecule has 1 aliphatic rings. The number of nitrogens with one attached hydrogen (secondary N) is 3. The summed E-state index contributed by atoms with van der Waals surface area (Å²) in [5.41, 5.74) is 0.484. The number of alkyl halides is 2. The third-order valence-electron chi connectivity index (χ3n) is 4.93. The van der Waals surface area contributed by atoms with Gasteiger partial charge in [-0.05, 0) is 38.0 Å². The first-order valence-corrected chi connectivity index (χ1v) is 10.4. The van der Waals surface area contributed by atoms with Crippen molar-refractivity contribution in [3.05, 3.63) is 23.8 Å². The van der Waals surface area contributed by atoms with E-state index in [4.69, 9.17) is 4.74 Å². The molecular weight excluding hydrogens is 521 g/mol. The number of hydrogen-bond donors (Lipinski definition) is 3. The molecule has 3 N–H and O–H groups in total. The lowest BCUT2D eigenvalue weighted by atomic mass is 9.89. The zero-order valence-electron chi connectivity index (χ0n) is 18.1. The molecule has 1 saturated carbocycles. The summed E-state index contributed by atoms with van der Waals surface area (Å²) in [5, 5.41) is 9.21. The van der Waals surface area contributed by atoms with Gasteiger partial charge in [-0.3, -0.25) is 4.79 Å². The van der Waals surface area contributed by atoms with Crippen LogP contribution in [0.4, 0.5) is 8.78 Å². The number of carbonyl (C=O) groups excluding carboxylic acids is 1. The average molecular weight is 554 g/mol. The number of ether oxygens (including phenoxy) is 2. The minimum absolute atomic E-state index is 0. The summed E-state index contributed by atoms with van der Waals surface area (Å²) < 4.78 is 35.0. The molecule has 0 bridgehead atoms. The fourth-order valence-electron chi connectivity index (χ4n) is 3.40. The molecule has 1 fully saturated rings. The van der Waals surface area contributed by atoms with E-state index in [2.05, 4.69) is 25.7 Å². The predicted octanol–water partition coefficient (Wildman–Crippen LogP) is 3.67. The molecule has 0 atom stereocenters. The van der Waals surface area contributed by atoms with Crippen molar-refractivity contribution in [3.63, 3.8) is 0 Å². The Morgan fingerprint density at radius 1 is 1.16 bits per heavy atom. The summed E-state index contributed by atoms with van der Waals surface area (Å²) >= 11 is 0. The Hall–Kier alpha value is -1.85. The maximum Gasteiger partial charge on any atom is 0.387 e. The van der Waals surface area contributed by atoms with Crippen molar-refractivity contribution in [3.8, 4) is 11.5 Å². The molecule has 0 heterocycles. The molecule has 0 unspecified atom stereocenters. The van der Waals surface area contributed by atoms with Crippen LogP contribution in [0.15, 0.2) is 23.2 Å². The first-order chi connectivity index (χ1) is 14.5. The van der Waals surface area contributed by atoms with Crippen LogP contribution < -0.4 is 25.4 Å². The van der Waals surface area contributed by atoms with Crippen molar-refractivity contribution in [2.24, 2.45) is 10.9 Å². The van der Waals surface area contributed by atoms with E-state index in [1.54, 1.807) is 12.1 Å². The maximum atomic E-state index is 12.7. The molecule has 1 aliphatic carbocycles. The smallest absolute Gasteiger partial charge is 0.387 e. The van der Waals surface area contributed by atoms with Crippen molar-refractivity contribution in [2.75, 3.05) is 26.7 Å². The number of aliphatic imine (C=N–C) groups is 1. The van der Waals surface area contributed by atoms with E-state index in [0.29, 0.717) is 36.9 Å². The van der Waals surface area contributed by atoms with Gasteiger partial charge in [0.25, 0.3) is 0 Å². The predicted molar refractivity (Wildman–Crippen MR) is 127 cm³/mol. The molecule has 0 saturated heterocycles. The second-order valence-electron chi connectivity index (χ2n) is 7.10. The van der Waals surface area contributed by atoms with E-state index in [1.807, 2.05) is 6.92 Å². The van der Waals surface area contributed by atoms with Crippen molar-refractivity contribution < 1.29 is 23.0 Å². The Morgan fingerprint density at radius 3 is 2.52 bits per heavy atom. The molecule has 0 spiro atoms. The molecule has 1 aromatic carbocycles. The van der Waals surface area contributed by atoms with Crippen LogP contribution in [0.2, 0.25) is 0 Å². The first-order valence-electron chi connectivity index (χ1n) is 10.4. The van der Waals surface area contributed by atoms with E-state index in [9.17, 15) is 13.6 Å². The van der Waals surface area contributed by atoms with Crippen LogP contribution in [0, 0.1) is 5.92 Å². The van der Waals surface area contributed by atoms with Crippen LogP contribution in [-0.4, -0.2) is 45.2 Å². The molecule has 31 heavy (non-hydrogen) atoms. The summed E-state index contributed by atoms with van der Waals surface area (Å²) in [6.45, 7) is 0.766. The highest BCUT2D eigenvalue weighted by atomic mass is 127. The molecule has 0 radical (unpaired) electrons. The highest BCUT2D eigenvalue weighted by molar-refractivity contribution is 14.0. The topological polar surface area (TPSA) is 84.0 Å². The molecule has 0 aromatic heterocycles. The van der Waals surface area contributed by atoms with Gasteiger partial charge in [0.05, 0.1) is 13.7 Å². The number of amides is 1. The van der Waals surface area contributed by atoms with Gasteiger partial charge >= 0.3 is 6.61 Å². The van der Waals surface area contributed by atoms with Gasteiger partial charge in [0.15, 0.2) is 5.96 Å². The van der Waals surface area contributed by atoms with E-state index < -0.39 is 6.61 Å². The number of rotatable bonds is 10. The lowest BCUT2D eigenvalue weighted by molar-refractivity contribution is -0.125. The quantitative estimate of drug-likeness (QED) is 0.178. The standard InChI is InChI=1S/C21H32F2N4O3.HI/c1-3-24-21(26-12-11-25-19(28)15-7-5-4-6-8-15)27-14-16-13-17(29-2)9-10-18(16)30-20(22)23;/h9-10,13,15,20H,3-8,11-12,14H2,1-2H3,(H,25,28)(H2,24,26,27);1H. The average Bonchev–Trinajstić information content (AvgIpc) is 2.75. The van der Waals surface area contributed by atoms with E-state index >= 15 is 0 Å². The Balaban J connectivity index is 0.00000480. The monoisotopic (exact) mass is 554 g/mol. The number of guanidine groups is 1. The lowest BCUT2D eigenvalue weighted by Crippen LogP contribution is -2.42. The number of halogens is 3. The van der Waals surface area contributed by atoms with Crippen molar-refractivity contribution >= 4 is 35.8 Å². The fraction of sp³-hybridized carbons (Fsp3) is 0.619. The van der Waals surface area contributed by atoms with Gasteiger partial charge in [0, 0.05) is 31.1 Å². The maximum absolute atomic E-state index is 12.7. The van der Waals surface area contributed by atoms with E-state index in [0.717, 1.165) is 25.7 Å². The van der Waals surface area contributed by atoms with Crippen molar-refractivity contribution in [2.45, 2.75) is 52.2 Å². The minimum Gasteiger partial charge on any atom is -0.497 e. The summed E-state index contributed by atoms with van der Waals surface area (Å²) in [6, 6.07) is 4.62. The fourth-order valence-corrected chi connectivity index (χ4v) is 3.40. The lowest BCUT2D eigenvalue weighted by Gasteiger charge is -2.21. The molecule has 7 nitrogen and oxygen atoms in total. The summed E-state index contributed by atoms with van der Waals surface area (Å²) in [6.07, 6.45) is 5.38. The normalized spacial score (nSPS) is 14.5. The van der Waals surface area contributed by atoms with E-state index in [1.165, 1.54) is 19.6 Å². The van der Waals surface area contributed by atoms with Crippen LogP contribution in [0.3, 0.4) is 0 Å². The molecule has 1 aromatic rings. The molecule has 0 aliphatic heterocycles. The molecule has 2 rings (SSSR count). The van der Waals surface area contributed by atoms with Crippen molar-refractivity contribution in [1.29, 1.82) is 0 Å². The second kappa shape index (κ2) is 15.0. The van der Waals surface area contributed by atoms with Crippen LogP contribution in [0.5, 0.6) is 11.5 Å². The van der Waals surface area contributed by atoms with Gasteiger partial charge < -0.3 is 25.4 Å². The second-order valence-corrected chi connectivity index (χ2v) is 7.10. The van der Waals surface area contributed by atoms with Crippen LogP contribution in [0.25, 0.3) is 0 Å². The Morgan fingerprint density at radius 2 is 1.87 bits per heavy atom. The zero-order valence-corrected chi connectivity index (χ0v) is 20.4. The SMILES string of the molecule is CCNC(=NCc1cc(OC)ccc1OC(F)F)NCCNC(=O)C1CCCCC1.I. The van der Waals surface area contributed by atoms with Gasteiger partial charge in [0.1, 0.15) is 11.5 Å². The van der Waals surface area contributed by atoms with Gasteiger partial charge in [-0.25, -0.2) is 4.99 Å². The molecule has 10 heteroatoms. The Labute approximate surface area is 199 Å². The molecule has 176 valence electrons. The van der Waals surface area contributed by atoms with Gasteiger partial charge in [-0.2, -0.15) is 8.78 Å². The van der Waals surface area contributed by atoms with Crippen LogP contribution in [-0.2, 0) is 11.3 Å². The zero-order chi connectivity index (χ0) is 21.8. The van der Waals surface area contributed by atoms with Gasteiger partial charge in [-0.1, -0.05) is 19.3 Å². The Kier molecular flexibility index (Phi) is 13.2. The third kappa shape index (κ3) is 9.88. The summed E-state index contributed by atoms with van der Waals surface area (Å²) in [5.74, 6) is 1.36. The van der Waals surface area contributed by atoms with Gasteiger partial charge in [-0.15, -0.1) is 24.0 Å². The summed E-state index contributed by atoms with van der Waals surface area (Å²) in [7, 11) is 1.50. The third-order valence-corrected chi connectivity index (χ3v) is 4.93. The van der Waals surface area contributed by atoms with Crippen LogP contribution >= 0.6 is 24.0 Å². The highest BCUT2D eigenvalue weighted by Crippen LogP contribution is 2.26. The number of nitrogens with zero attached hydrogens (tertiary/aromatic N) is 1. The first kappa shape index (κ1) is 27.2. The number of benzene rings is 1. The van der Waals surface area contributed by atoms with Crippen molar-refractivity contribution in [1.82, 2.24) is 16.0 Å². The number of carbonyl (C=O) groups is 1. The highest BCUT2D eigenvalue weighted by Gasteiger charge is 2.20. The number of methoxy groups -OCH3 is 1. The summed E-state index contributed by atoms with van der Waals surface area (Å²) in [4.78, 5) is 16.6. The Bertz CT molecular complexity index is 701. The number of hydrogen-bond acceptors (Lipinski definition) is 4. The minimum atomic E-state index is -2.92. The van der Waals surface area contributed by atoms with E-state index in [-0.39, 0.29) is 48.1 Å². The van der Waals surface area contributed by atoms with Crippen LogP contribution in [0.1, 0.15) is 44.6 Å².